The lowest BCUT2D eigenvalue weighted by Crippen LogP contribution is -2.42. The zero-order valence-corrected chi connectivity index (χ0v) is 14.5. The molecule has 1 heterocycles. The first-order valence-electron chi connectivity index (χ1n) is 8.71. The smallest absolute Gasteiger partial charge is 0.339 e. The number of carbonyl (C=O) groups excluding carboxylic acids is 2. The van der Waals surface area contributed by atoms with Crippen LogP contribution in [0.3, 0.4) is 0 Å². The summed E-state index contributed by atoms with van der Waals surface area (Å²) in [5.74, 6) is -0.0234. The van der Waals surface area contributed by atoms with Crippen LogP contribution in [0.25, 0.3) is 0 Å². The highest BCUT2D eigenvalue weighted by molar-refractivity contribution is 7.10. The van der Waals surface area contributed by atoms with Crippen LogP contribution in [0, 0.1) is 5.92 Å². The SMILES string of the molecule is C[C@@H]1CCCC[C@@H]1NC(=O)COC(=O)c1csc2c1CCCC2. The Morgan fingerprint density at radius 2 is 2.00 bits per heavy atom. The number of esters is 1. The molecule has 1 aromatic heterocycles. The number of amides is 1. The molecule has 1 N–H and O–H groups in total. The number of fused-ring (bicyclic) bond motifs is 1. The Balaban J connectivity index is 1.50. The number of ether oxygens (including phenoxy) is 1. The lowest BCUT2D eigenvalue weighted by molar-refractivity contribution is -0.125. The highest BCUT2D eigenvalue weighted by atomic mass is 32.1. The first kappa shape index (κ1) is 16.5. The molecule has 0 aromatic carbocycles. The molecule has 2 atom stereocenters. The van der Waals surface area contributed by atoms with Crippen LogP contribution in [0.15, 0.2) is 5.38 Å². The fourth-order valence-electron chi connectivity index (χ4n) is 3.65. The fourth-order valence-corrected chi connectivity index (χ4v) is 4.77. The van der Waals surface area contributed by atoms with Crippen molar-refractivity contribution in [2.24, 2.45) is 5.92 Å². The van der Waals surface area contributed by atoms with Gasteiger partial charge in [0, 0.05) is 16.3 Å². The van der Waals surface area contributed by atoms with E-state index in [-0.39, 0.29) is 24.5 Å². The first-order chi connectivity index (χ1) is 11.1. The second-order valence-corrected chi connectivity index (χ2v) is 7.73. The van der Waals surface area contributed by atoms with Crippen molar-refractivity contribution < 1.29 is 14.3 Å². The van der Waals surface area contributed by atoms with Gasteiger partial charge >= 0.3 is 5.97 Å². The van der Waals surface area contributed by atoms with Gasteiger partial charge in [0.2, 0.25) is 0 Å². The molecular weight excluding hydrogens is 310 g/mol. The highest BCUT2D eigenvalue weighted by Crippen LogP contribution is 2.30. The van der Waals surface area contributed by atoms with E-state index in [0.29, 0.717) is 11.5 Å². The van der Waals surface area contributed by atoms with E-state index >= 15 is 0 Å². The van der Waals surface area contributed by atoms with Crippen LogP contribution in [0.1, 0.15) is 66.2 Å². The van der Waals surface area contributed by atoms with Crippen molar-refractivity contribution in [1.29, 1.82) is 0 Å². The average Bonchev–Trinajstić information content (AvgIpc) is 2.99. The molecule has 23 heavy (non-hydrogen) atoms. The van der Waals surface area contributed by atoms with E-state index < -0.39 is 0 Å². The molecule has 1 aromatic rings. The molecule has 0 bridgehead atoms. The van der Waals surface area contributed by atoms with Gasteiger partial charge in [-0.25, -0.2) is 4.79 Å². The normalized spacial score (nSPS) is 23.9. The van der Waals surface area contributed by atoms with Crippen LogP contribution in [0.2, 0.25) is 0 Å². The van der Waals surface area contributed by atoms with Gasteiger partial charge in [-0.15, -0.1) is 11.3 Å². The van der Waals surface area contributed by atoms with Gasteiger partial charge in [-0.1, -0.05) is 19.8 Å². The van der Waals surface area contributed by atoms with Gasteiger partial charge in [0.15, 0.2) is 6.61 Å². The molecule has 0 aliphatic heterocycles. The highest BCUT2D eigenvalue weighted by Gasteiger charge is 2.24. The third-order valence-corrected chi connectivity index (χ3v) is 6.16. The molecule has 0 radical (unpaired) electrons. The molecule has 2 aliphatic rings. The molecule has 2 aliphatic carbocycles. The molecule has 4 nitrogen and oxygen atoms in total. The second-order valence-electron chi connectivity index (χ2n) is 6.77. The van der Waals surface area contributed by atoms with Crippen LogP contribution in [0.4, 0.5) is 0 Å². The summed E-state index contributed by atoms with van der Waals surface area (Å²) in [6.45, 7) is 2.00. The molecule has 0 unspecified atom stereocenters. The lowest BCUT2D eigenvalue weighted by atomic mass is 9.86. The summed E-state index contributed by atoms with van der Waals surface area (Å²) in [6, 6.07) is 0.226. The Labute approximate surface area is 141 Å². The fraction of sp³-hybridized carbons (Fsp3) is 0.667. The quantitative estimate of drug-likeness (QED) is 0.857. The van der Waals surface area contributed by atoms with Crippen molar-refractivity contribution in [3.05, 3.63) is 21.4 Å². The van der Waals surface area contributed by atoms with Gasteiger partial charge in [-0.3, -0.25) is 4.79 Å². The Morgan fingerprint density at radius 1 is 1.22 bits per heavy atom. The summed E-state index contributed by atoms with van der Waals surface area (Å²) >= 11 is 1.64. The minimum Gasteiger partial charge on any atom is -0.452 e. The number of hydrogen-bond acceptors (Lipinski definition) is 4. The summed E-state index contributed by atoms with van der Waals surface area (Å²) in [5.41, 5.74) is 1.82. The van der Waals surface area contributed by atoms with E-state index in [0.717, 1.165) is 44.1 Å². The van der Waals surface area contributed by atoms with Crippen molar-refractivity contribution >= 4 is 23.2 Å². The van der Waals surface area contributed by atoms with Gasteiger partial charge in [-0.05, 0) is 50.0 Å². The Bertz CT molecular complexity index is 581. The van der Waals surface area contributed by atoms with E-state index in [2.05, 4.69) is 12.2 Å². The molecular formula is C18H25NO3S. The molecule has 126 valence electrons. The summed E-state index contributed by atoms with van der Waals surface area (Å²) in [5, 5.41) is 4.91. The maximum atomic E-state index is 12.2. The Hall–Kier alpha value is -1.36. The predicted molar refractivity (Wildman–Crippen MR) is 90.8 cm³/mol. The predicted octanol–water partition coefficient (Wildman–Crippen LogP) is 3.48. The van der Waals surface area contributed by atoms with E-state index in [1.807, 2.05) is 5.38 Å². The summed E-state index contributed by atoms with van der Waals surface area (Å²) in [7, 11) is 0. The third kappa shape index (κ3) is 3.94. The number of rotatable bonds is 4. The third-order valence-electron chi connectivity index (χ3n) is 5.07. The minimum atomic E-state index is -0.351. The zero-order valence-electron chi connectivity index (χ0n) is 13.7. The number of nitrogens with one attached hydrogen (secondary N) is 1. The number of carbonyl (C=O) groups is 2. The van der Waals surface area contributed by atoms with Gasteiger partial charge in [0.05, 0.1) is 5.56 Å². The van der Waals surface area contributed by atoms with Gasteiger partial charge in [0.25, 0.3) is 5.91 Å². The van der Waals surface area contributed by atoms with Crippen LogP contribution in [0.5, 0.6) is 0 Å². The first-order valence-corrected chi connectivity index (χ1v) is 9.59. The monoisotopic (exact) mass is 335 g/mol. The van der Waals surface area contributed by atoms with Crippen LogP contribution in [-0.4, -0.2) is 24.5 Å². The number of aryl methyl sites for hydroxylation is 1. The lowest BCUT2D eigenvalue weighted by Gasteiger charge is -2.29. The molecule has 1 saturated carbocycles. The van der Waals surface area contributed by atoms with Crippen LogP contribution < -0.4 is 5.32 Å². The van der Waals surface area contributed by atoms with Crippen molar-refractivity contribution in [2.45, 2.75) is 64.3 Å². The van der Waals surface area contributed by atoms with Crippen molar-refractivity contribution in [2.75, 3.05) is 6.61 Å². The average molecular weight is 335 g/mol. The van der Waals surface area contributed by atoms with Crippen molar-refractivity contribution in [1.82, 2.24) is 5.32 Å². The Morgan fingerprint density at radius 3 is 2.83 bits per heavy atom. The van der Waals surface area contributed by atoms with Crippen LogP contribution >= 0.6 is 11.3 Å². The standard InChI is InChI=1S/C18H25NO3S/c1-12-6-2-4-8-15(12)19-17(20)10-22-18(21)14-11-23-16-9-5-3-7-13(14)16/h11-12,15H,2-10H2,1H3,(H,19,20)/t12-,15+/m1/s1. The van der Waals surface area contributed by atoms with E-state index in [1.165, 1.54) is 17.7 Å². The van der Waals surface area contributed by atoms with Gasteiger partial charge in [0.1, 0.15) is 0 Å². The van der Waals surface area contributed by atoms with Crippen molar-refractivity contribution in [3.8, 4) is 0 Å². The maximum absolute atomic E-state index is 12.2. The summed E-state index contributed by atoms with van der Waals surface area (Å²) in [6.07, 6.45) is 8.93. The maximum Gasteiger partial charge on any atom is 0.339 e. The molecule has 1 fully saturated rings. The second kappa shape index (κ2) is 7.47. The zero-order chi connectivity index (χ0) is 16.2. The summed E-state index contributed by atoms with van der Waals surface area (Å²) in [4.78, 5) is 25.6. The summed E-state index contributed by atoms with van der Waals surface area (Å²) < 4.78 is 5.25. The number of thiophene rings is 1. The van der Waals surface area contributed by atoms with Crippen LogP contribution in [-0.2, 0) is 22.4 Å². The largest absolute Gasteiger partial charge is 0.452 e. The van der Waals surface area contributed by atoms with E-state index in [1.54, 1.807) is 11.3 Å². The molecule has 0 saturated heterocycles. The van der Waals surface area contributed by atoms with Crippen molar-refractivity contribution in [3.63, 3.8) is 0 Å². The van der Waals surface area contributed by atoms with Gasteiger partial charge in [-0.2, -0.15) is 0 Å². The topological polar surface area (TPSA) is 55.4 Å². The molecule has 5 heteroatoms. The van der Waals surface area contributed by atoms with E-state index in [9.17, 15) is 9.59 Å². The molecule has 0 spiro atoms. The molecule has 3 rings (SSSR count). The van der Waals surface area contributed by atoms with E-state index in [4.69, 9.17) is 4.74 Å². The Kier molecular flexibility index (Phi) is 5.36. The molecule has 1 amide bonds. The minimum absolute atomic E-state index is 0.174. The number of hydrogen-bond donors (Lipinski definition) is 1. The van der Waals surface area contributed by atoms with Gasteiger partial charge < -0.3 is 10.1 Å².